The van der Waals surface area contributed by atoms with Gasteiger partial charge < -0.3 is 8.92 Å². The van der Waals surface area contributed by atoms with Gasteiger partial charge in [-0.3, -0.25) is 4.99 Å². The molecule has 0 spiro atoms. The third-order valence-electron chi connectivity index (χ3n) is 4.50. The van der Waals surface area contributed by atoms with Gasteiger partial charge >= 0.3 is 10.1 Å². The minimum absolute atomic E-state index is 0.00918. The van der Waals surface area contributed by atoms with Gasteiger partial charge in [0, 0.05) is 11.2 Å². The van der Waals surface area contributed by atoms with Crippen molar-refractivity contribution in [1.29, 1.82) is 0 Å². The fourth-order valence-electron chi connectivity index (χ4n) is 2.73. The fourth-order valence-corrected chi connectivity index (χ4v) is 3.79. The Kier molecular flexibility index (Phi) is 6.80. The minimum Gasteiger partial charge on any atom is -0.490 e. The summed E-state index contributed by atoms with van der Waals surface area (Å²) < 4.78 is 36.1. The molecule has 0 unspecified atom stereocenters. The van der Waals surface area contributed by atoms with Crippen LogP contribution >= 0.6 is 11.6 Å². The van der Waals surface area contributed by atoms with Gasteiger partial charge in [-0.1, -0.05) is 23.7 Å². The van der Waals surface area contributed by atoms with Crippen molar-refractivity contribution in [2.45, 2.75) is 25.7 Å². The predicted molar refractivity (Wildman–Crippen MR) is 120 cm³/mol. The van der Waals surface area contributed by atoms with Gasteiger partial charge in [-0.25, -0.2) is 0 Å². The molecule has 0 heterocycles. The minimum atomic E-state index is -4.02. The second-order valence-electron chi connectivity index (χ2n) is 6.61. The lowest BCUT2D eigenvalue weighted by atomic mass is 10.1. The monoisotopic (exact) mass is 443 g/mol. The first-order chi connectivity index (χ1) is 14.3. The Balaban J connectivity index is 1.89. The van der Waals surface area contributed by atoms with Crippen LogP contribution in [0.2, 0.25) is 5.02 Å². The van der Waals surface area contributed by atoms with Crippen molar-refractivity contribution in [3.8, 4) is 11.5 Å². The molecule has 0 aliphatic carbocycles. The summed E-state index contributed by atoms with van der Waals surface area (Å²) in [4.78, 5) is 4.56. The van der Waals surface area contributed by atoms with Crippen molar-refractivity contribution in [1.82, 2.24) is 0 Å². The molecule has 0 N–H and O–H groups in total. The number of hydrogen-bond acceptors (Lipinski definition) is 5. The molecule has 0 bridgehead atoms. The maximum atomic E-state index is 12.6. The largest absolute Gasteiger partial charge is 0.490 e. The van der Waals surface area contributed by atoms with E-state index in [-0.39, 0.29) is 10.6 Å². The van der Waals surface area contributed by atoms with Crippen molar-refractivity contribution < 1.29 is 17.3 Å². The van der Waals surface area contributed by atoms with Crippen LogP contribution in [0.4, 0.5) is 5.69 Å². The van der Waals surface area contributed by atoms with E-state index in [1.165, 1.54) is 24.3 Å². The van der Waals surface area contributed by atoms with E-state index in [2.05, 4.69) is 4.99 Å². The molecule has 0 aromatic heterocycles. The van der Waals surface area contributed by atoms with Crippen molar-refractivity contribution >= 4 is 33.6 Å². The standard InChI is InChI=1S/C23H22ClNO4S/c1-4-28-23-14-18(15-25-21-7-5-6-16(2)17(21)3)8-13-22(23)29-30(26,27)20-11-9-19(24)10-12-20/h5-15H,4H2,1-3H3. The zero-order valence-corrected chi connectivity index (χ0v) is 18.5. The number of rotatable bonds is 7. The number of benzene rings is 3. The first-order valence-electron chi connectivity index (χ1n) is 9.37. The number of halogens is 1. The zero-order chi connectivity index (χ0) is 21.7. The van der Waals surface area contributed by atoms with Crippen LogP contribution in [0, 0.1) is 13.8 Å². The molecule has 0 atom stereocenters. The molecule has 0 aliphatic rings. The van der Waals surface area contributed by atoms with Gasteiger partial charge in [-0.05, 0) is 86.0 Å². The fraction of sp³-hybridized carbons (Fsp3) is 0.174. The van der Waals surface area contributed by atoms with Gasteiger partial charge in [0.1, 0.15) is 4.90 Å². The van der Waals surface area contributed by atoms with Gasteiger partial charge in [-0.15, -0.1) is 0 Å². The molecule has 3 rings (SSSR count). The Labute approximate surface area is 182 Å². The Hall–Kier alpha value is -2.83. The average Bonchev–Trinajstić information content (AvgIpc) is 2.71. The van der Waals surface area contributed by atoms with Crippen molar-refractivity contribution in [2.75, 3.05) is 6.61 Å². The molecule has 0 aliphatic heterocycles. The molecule has 30 heavy (non-hydrogen) atoms. The topological polar surface area (TPSA) is 65.0 Å². The highest BCUT2D eigenvalue weighted by molar-refractivity contribution is 7.87. The average molecular weight is 444 g/mol. The summed E-state index contributed by atoms with van der Waals surface area (Å²) in [5.41, 5.74) is 3.90. The van der Waals surface area contributed by atoms with Crippen LogP contribution in [0.1, 0.15) is 23.6 Å². The first-order valence-corrected chi connectivity index (χ1v) is 11.2. The molecule has 5 nitrogen and oxygen atoms in total. The second kappa shape index (κ2) is 9.32. The highest BCUT2D eigenvalue weighted by Gasteiger charge is 2.19. The third kappa shape index (κ3) is 5.20. The highest BCUT2D eigenvalue weighted by Crippen LogP contribution is 2.31. The predicted octanol–water partition coefficient (Wildman–Crippen LogP) is 5.87. The number of ether oxygens (including phenoxy) is 1. The Bertz CT molecular complexity index is 1170. The Morgan fingerprint density at radius 3 is 2.43 bits per heavy atom. The van der Waals surface area contributed by atoms with E-state index in [1.807, 2.05) is 39.0 Å². The van der Waals surface area contributed by atoms with Gasteiger partial charge in [0.15, 0.2) is 11.5 Å². The summed E-state index contributed by atoms with van der Waals surface area (Å²) in [6.45, 7) is 6.23. The van der Waals surface area contributed by atoms with Crippen LogP contribution < -0.4 is 8.92 Å². The van der Waals surface area contributed by atoms with Crippen LogP contribution in [0.25, 0.3) is 0 Å². The van der Waals surface area contributed by atoms with Crippen molar-refractivity contribution in [3.63, 3.8) is 0 Å². The normalized spacial score (nSPS) is 11.6. The van der Waals surface area contributed by atoms with Gasteiger partial charge in [0.05, 0.1) is 12.3 Å². The van der Waals surface area contributed by atoms with Crippen LogP contribution in [0.15, 0.2) is 70.6 Å². The number of aliphatic imine (C=N–C) groups is 1. The van der Waals surface area contributed by atoms with E-state index in [0.717, 1.165) is 22.4 Å². The maximum absolute atomic E-state index is 12.6. The molecule has 0 amide bonds. The maximum Gasteiger partial charge on any atom is 0.339 e. The quantitative estimate of drug-likeness (QED) is 0.338. The van der Waals surface area contributed by atoms with Gasteiger partial charge in [-0.2, -0.15) is 8.42 Å². The summed E-state index contributed by atoms with van der Waals surface area (Å²) in [5.74, 6) is 0.427. The first kappa shape index (κ1) is 21.9. The molecular formula is C23H22ClNO4S. The molecule has 7 heteroatoms. The number of hydrogen-bond donors (Lipinski definition) is 0. The van der Waals surface area contributed by atoms with E-state index in [9.17, 15) is 8.42 Å². The number of nitrogens with zero attached hydrogens (tertiary/aromatic N) is 1. The summed E-state index contributed by atoms with van der Waals surface area (Å²) in [5, 5.41) is 0.441. The molecular weight excluding hydrogens is 422 g/mol. The molecule has 156 valence electrons. The lowest BCUT2D eigenvalue weighted by Gasteiger charge is -2.12. The summed E-state index contributed by atoms with van der Waals surface area (Å²) in [7, 11) is -4.02. The summed E-state index contributed by atoms with van der Waals surface area (Å²) >= 11 is 5.83. The Morgan fingerprint density at radius 2 is 1.73 bits per heavy atom. The molecule has 0 fully saturated rings. The van der Waals surface area contributed by atoms with Crippen LogP contribution in [0.5, 0.6) is 11.5 Å². The van der Waals surface area contributed by atoms with Crippen molar-refractivity contribution in [2.24, 2.45) is 4.99 Å². The molecule has 3 aromatic carbocycles. The molecule has 0 radical (unpaired) electrons. The summed E-state index contributed by atoms with van der Waals surface area (Å²) in [6.07, 6.45) is 1.71. The van der Waals surface area contributed by atoms with Gasteiger partial charge in [0.25, 0.3) is 0 Å². The molecule has 0 saturated heterocycles. The van der Waals surface area contributed by atoms with E-state index in [4.69, 9.17) is 20.5 Å². The van der Waals surface area contributed by atoms with Crippen LogP contribution in [0.3, 0.4) is 0 Å². The smallest absolute Gasteiger partial charge is 0.339 e. The zero-order valence-electron chi connectivity index (χ0n) is 16.9. The third-order valence-corrected chi connectivity index (χ3v) is 6.00. The van der Waals surface area contributed by atoms with E-state index >= 15 is 0 Å². The Morgan fingerprint density at radius 1 is 1.00 bits per heavy atom. The van der Waals surface area contributed by atoms with Crippen molar-refractivity contribution in [3.05, 3.63) is 82.4 Å². The lowest BCUT2D eigenvalue weighted by molar-refractivity contribution is 0.327. The van der Waals surface area contributed by atoms with Crippen LogP contribution in [-0.4, -0.2) is 21.2 Å². The van der Waals surface area contributed by atoms with Gasteiger partial charge in [0.2, 0.25) is 0 Å². The van der Waals surface area contributed by atoms with E-state index in [1.54, 1.807) is 24.4 Å². The number of aryl methyl sites for hydroxylation is 1. The SMILES string of the molecule is CCOc1cc(C=Nc2cccc(C)c2C)ccc1OS(=O)(=O)c1ccc(Cl)cc1. The molecule has 3 aromatic rings. The molecule has 0 saturated carbocycles. The van der Waals surface area contributed by atoms with E-state index in [0.29, 0.717) is 17.4 Å². The summed E-state index contributed by atoms with van der Waals surface area (Å²) in [6, 6.07) is 16.7. The van der Waals surface area contributed by atoms with E-state index < -0.39 is 10.1 Å². The van der Waals surface area contributed by atoms with Crippen LogP contribution in [-0.2, 0) is 10.1 Å². The second-order valence-corrected chi connectivity index (χ2v) is 8.59. The highest BCUT2D eigenvalue weighted by atomic mass is 35.5. The lowest BCUT2D eigenvalue weighted by Crippen LogP contribution is -2.11.